The number of ether oxygens (including phenoxy) is 2. The van der Waals surface area contributed by atoms with Crippen LogP contribution >= 0.6 is 0 Å². The minimum atomic E-state index is -1.31. The normalized spacial score (nSPS) is 19.6. The van der Waals surface area contributed by atoms with Crippen molar-refractivity contribution in [2.45, 2.75) is 31.5 Å². The standard InChI is InChI=1S/C25H29FN4O7/c1-15(31)22-25(35)28-11-13-37-20-5-3-2-4-18(20)23(33)29-19(14-21(32)30-22)24(34)27-10-12-36-17-8-6-16(26)7-9-17/h2-9,15,19,22,31H,10-14H2,1H3,(H,27,34)(H,28,35)(H,29,33)(H,30,32)/t15-,19+,22+/m1/s1. The highest BCUT2D eigenvalue weighted by atomic mass is 19.1. The van der Waals surface area contributed by atoms with Crippen molar-refractivity contribution in [1.29, 1.82) is 0 Å². The van der Waals surface area contributed by atoms with Crippen molar-refractivity contribution in [2.75, 3.05) is 26.3 Å². The van der Waals surface area contributed by atoms with Crippen molar-refractivity contribution in [1.82, 2.24) is 21.3 Å². The molecule has 0 aromatic heterocycles. The molecule has 2 aromatic carbocycles. The zero-order valence-corrected chi connectivity index (χ0v) is 20.2. The van der Waals surface area contributed by atoms with Crippen molar-refractivity contribution >= 4 is 23.6 Å². The summed E-state index contributed by atoms with van der Waals surface area (Å²) in [4.78, 5) is 51.1. The lowest BCUT2D eigenvalue weighted by Gasteiger charge is -2.24. The fourth-order valence-electron chi connectivity index (χ4n) is 3.49. The molecule has 5 N–H and O–H groups in total. The smallest absolute Gasteiger partial charge is 0.255 e. The van der Waals surface area contributed by atoms with Crippen LogP contribution in [0.4, 0.5) is 4.39 Å². The van der Waals surface area contributed by atoms with Crippen LogP contribution in [0.15, 0.2) is 48.5 Å². The molecule has 198 valence electrons. The number of carbonyl (C=O) groups is 4. The van der Waals surface area contributed by atoms with Crippen molar-refractivity contribution in [2.24, 2.45) is 0 Å². The van der Waals surface area contributed by atoms with Gasteiger partial charge in [-0.05, 0) is 43.3 Å². The van der Waals surface area contributed by atoms with E-state index in [2.05, 4.69) is 21.3 Å². The van der Waals surface area contributed by atoms with E-state index in [0.717, 1.165) is 0 Å². The molecule has 0 bridgehead atoms. The third kappa shape index (κ3) is 8.17. The topological polar surface area (TPSA) is 155 Å². The summed E-state index contributed by atoms with van der Waals surface area (Å²) in [7, 11) is 0. The van der Waals surface area contributed by atoms with E-state index in [-0.39, 0.29) is 37.6 Å². The molecule has 0 aliphatic carbocycles. The molecule has 0 unspecified atom stereocenters. The van der Waals surface area contributed by atoms with E-state index in [4.69, 9.17) is 9.47 Å². The molecule has 37 heavy (non-hydrogen) atoms. The number of aliphatic hydroxyl groups is 1. The Balaban J connectivity index is 1.73. The largest absolute Gasteiger partial charge is 0.492 e. The van der Waals surface area contributed by atoms with Crippen LogP contribution in [0.3, 0.4) is 0 Å². The number of hydrogen-bond donors (Lipinski definition) is 5. The molecule has 3 atom stereocenters. The lowest BCUT2D eigenvalue weighted by atomic mass is 10.1. The molecule has 1 aliphatic rings. The number of carbonyl (C=O) groups excluding carboxylic acids is 4. The number of rotatable bonds is 6. The van der Waals surface area contributed by atoms with Gasteiger partial charge in [-0.2, -0.15) is 0 Å². The molecular formula is C25H29FN4O7. The highest BCUT2D eigenvalue weighted by molar-refractivity contribution is 6.01. The Kier molecular flexibility index (Phi) is 9.78. The third-order valence-corrected chi connectivity index (χ3v) is 5.37. The van der Waals surface area contributed by atoms with Gasteiger partial charge in [0.2, 0.25) is 17.7 Å². The summed E-state index contributed by atoms with van der Waals surface area (Å²) < 4.78 is 24.1. The quantitative estimate of drug-likeness (QED) is 0.336. The number of aliphatic hydroxyl groups excluding tert-OH is 1. The Labute approximate surface area is 212 Å². The molecule has 0 radical (unpaired) electrons. The monoisotopic (exact) mass is 516 g/mol. The Hall–Kier alpha value is -4.19. The van der Waals surface area contributed by atoms with Gasteiger partial charge in [-0.1, -0.05) is 12.1 Å². The van der Waals surface area contributed by atoms with Crippen molar-refractivity contribution in [3.05, 3.63) is 59.9 Å². The second-order valence-corrected chi connectivity index (χ2v) is 8.25. The number of para-hydroxylation sites is 1. The Morgan fingerprint density at radius 3 is 2.62 bits per heavy atom. The molecule has 4 amide bonds. The van der Waals surface area contributed by atoms with Crippen molar-refractivity contribution in [3.63, 3.8) is 0 Å². The molecule has 0 spiro atoms. The number of halogens is 1. The maximum atomic E-state index is 13.0. The van der Waals surface area contributed by atoms with Crippen LogP contribution in [0, 0.1) is 5.82 Å². The number of amides is 4. The van der Waals surface area contributed by atoms with E-state index in [1.54, 1.807) is 18.2 Å². The lowest BCUT2D eigenvalue weighted by Crippen LogP contribution is -2.55. The van der Waals surface area contributed by atoms with E-state index >= 15 is 0 Å². The van der Waals surface area contributed by atoms with Gasteiger partial charge in [-0.15, -0.1) is 0 Å². The Morgan fingerprint density at radius 2 is 1.89 bits per heavy atom. The second-order valence-electron chi connectivity index (χ2n) is 8.25. The zero-order valence-electron chi connectivity index (χ0n) is 20.2. The molecule has 1 heterocycles. The van der Waals surface area contributed by atoms with Gasteiger partial charge in [0.05, 0.1) is 31.2 Å². The highest BCUT2D eigenvalue weighted by Gasteiger charge is 2.30. The summed E-state index contributed by atoms with van der Waals surface area (Å²) in [6.07, 6.45) is -1.72. The van der Waals surface area contributed by atoms with Crippen LogP contribution in [0.5, 0.6) is 11.5 Å². The van der Waals surface area contributed by atoms with Crippen LogP contribution < -0.4 is 30.7 Å². The number of hydrogen-bond acceptors (Lipinski definition) is 7. The molecule has 3 rings (SSSR count). The van der Waals surface area contributed by atoms with Gasteiger partial charge in [0.25, 0.3) is 5.91 Å². The summed E-state index contributed by atoms with van der Waals surface area (Å²) in [5.41, 5.74) is 0.144. The molecule has 0 saturated carbocycles. The second kappa shape index (κ2) is 13.2. The summed E-state index contributed by atoms with van der Waals surface area (Å²) in [6.45, 7) is 1.51. The van der Waals surface area contributed by atoms with Gasteiger partial charge in [-0.3, -0.25) is 19.2 Å². The highest BCUT2D eigenvalue weighted by Crippen LogP contribution is 2.18. The fraction of sp³-hybridized carbons (Fsp3) is 0.360. The molecule has 11 nitrogen and oxygen atoms in total. The molecule has 0 saturated heterocycles. The van der Waals surface area contributed by atoms with Gasteiger partial charge in [0.1, 0.15) is 42.6 Å². The predicted molar refractivity (Wildman–Crippen MR) is 129 cm³/mol. The first-order valence-corrected chi connectivity index (χ1v) is 11.7. The minimum absolute atomic E-state index is 0.0223. The zero-order chi connectivity index (χ0) is 26.8. The molecular weight excluding hydrogens is 487 g/mol. The maximum Gasteiger partial charge on any atom is 0.255 e. The van der Waals surface area contributed by atoms with Crippen molar-refractivity contribution < 1.29 is 38.1 Å². The lowest BCUT2D eigenvalue weighted by molar-refractivity contribution is -0.133. The van der Waals surface area contributed by atoms with E-state index in [0.29, 0.717) is 5.75 Å². The predicted octanol–water partition coefficient (Wildman–Crippen LogP) is -0.116. The first-order chi connectivity index (χ1) is 17.7. The van der Waals surface area contributed by atoms with Crippen LogP contribution in [0.25, 0.3) is 0 Å². The number of benzene rings is 2. The number of nitrogens with one attached hydrogen (secondary N) is 4. The average molecular weight is 517 g/mol. The molecule has 1 aliphatic heterocycles. The van der Waals surface area contributed by atoms with Gasteiger partial charge < -0.3 is 35.8 Å². The van der Waals surface area contributed by atoms with E-state index < -0.39 is 54.1 Å². The van der Waals surface area contributed by atoms with E-state index in [1.807, 2.05) is 0 Å². The van der Waals surface area contributed by atoms with Gasteiger partial charge >= 0.3 is 0 Å². The van der Waals surface area contributed by atoms with Crippen LogP contribution in [0.2, 0.25) is 0 Å². The van der Waals surface area contributed by atoms with Crippen LogP contribution in [-0.4, -0.2) is 73.2 Å². The van der Waals surface area contributed by atoms with Crippen LogP contribution in [0.1, 0.15) is 23.7 Å². The third-order valence-electron chi connectivity index (χ3n) is 5.37. The minimum Gasteiger partial charge on any atom is -0.492 e. The molecule has 0 fully saturated rings. The fourth-order valence-corrected chi connectivity index (χ4v) is 3.49. The molecule has 2 aromatic rings. The Morgan fingerprint density at radius 1 is 1.16 bits per heavy atom. The molecule has 12 heteroatoms. The first-order valence-electron chi connectivity index (χ1n) is 11.7. The summed E-state index contributed by atoms with van der Waals surface area (Å²) >= 11 is 0. The SMILES string of the molecule is C[C@@H](O)[C@@H]1NC(=O)C[C@@H](C(=O)NCCOc2ccc(F)cc2)NC(=O)c2ccccc2OCCNC1=O. The van der Waals surface area contributed by atoms with E-state index in [9.17, 15) is 28.7 Å². The average Bonchev–Trinajstić information content (AvgIpc) is 2.87. The Bertz CT molecular complexity index is 1110. The maximum absolute atomic E-state index is 13.0. The van der Waals surface area contributed by atoms with Gasteiger partial charge in [0, 0.05) is 0 Å². The van der Waals surface area contributed by atoms with Gasteiger partial charge in [-0.25, -0.2) is 4.39 Å². The summed E-state index contributed by atoms with van der Waals surface area (Å²) in [5, 5.41) is 20.1. The summed E-state index contributed by atoms with van der Waals surface area (Å²) in [5.74, 6) is -2.44. The van der Waals surface area contributed by atoms with Crippen molar-refractivity contribution in [3.8, 4) is 11.5 Å². The summed E-state index contributed by atoms with van der Waals surface area (Å²) in [6, 6.07) is 9.11. The van der Waals surface area contributed by atoms with Crippen LogP contribution in [-0.2, 0) is 14.4 Å². The first kappa shape index (κ1) is 27.4. The number of fused-ring (bicyclic) bond motifs is 1. The van der Waals surface area contributed by atoms with Gasteiger partial charge in [0.15, 0.2) is 0 Å². The van der Waals surface area contributed by atoms with E-state index in [1.165, 1.54) is 37.3 Å².